The summed E-state index contributed by atoms with van der Waals surface area (Å²) in [6.45, 7) is 8.34. The van der Waals surface area contributed by atoms with Gasteiger partial charge in [-0.05, 0) is 52.9 Å². The van der Waals surface area contributed by atoms with Crippen molar-refractivity contribution in [1.29, 1.82) is 0 Å². The van der Waals surface area contributed by atoms with Crippen LogP contribution in [0.4, 0.5) is 0 Å². The summed E-state index contributed by atoms with van der Waals surface area (Å²) < 4.78 is 11.7. The molecule has 1 saturated heterocycles. The van der Waals surface area contributed by atoms with Crippen molar-refractivity contribution in [2.24, 2.45) is 5.92 Å². The molecule has 0 aromatic carbocycles. The molecule has 0 bridgehead atoms. The lowest BCUT2D eigenvalue weighted by atomic mass is 9.89. The van der Waals surface area contributed by atoms with E-state index in [1.165, 1.54) is 19.3 Å². The SMILES string of the molecule is CC1(C)OB(/C=C/CC2CC2)OC1(C)C. The zero-order valence-corrected chi connectivity index (χ0v) is 10.2. The zero-order chi connectivity index (χ0) is 11.1. The van der Waals surface area contributed by atoms with E-state index in [0.717, 1.165) is 5.92 Å². The Labute approximate surface area is 93.2 Å². The van der Waals surface area contributed by atoms with Gasteiger partial charge in [0.05, 0.1) is 11.2 Å². The van der Waals surface area contributed by atoms with Crippen molar-refractivity contribution in [3.05, 3.63) is 12.1 Å². The van der Waals surface area contributed by atoms with E-state index >= 15 is 0 Å². The molecule has 0 radical (unpaired) electrons. The first-order valence-electron chi connectivity index (χ1n) is 5.93. The summed E-state index contributed by atoms with van der Waals surface area (Å²) in [5.74, 6) is 3.00. The monoisotopic (exact) mass is 208 g/mol. The minimum Gasteiger partial charge on any atom is -0.400 e. The smallest absolute Gasteiger partial charge is 0.400 e. The molecule has 0 spiro atoms. The van der Waals surface area contributed by atoms with Crippen molar-refractivity contribution in [2.75, 3.05) is 0 Å². The van der Waals surface area contributed by atoms with Crippen LogP contribution in [0.2, 0.25) is 0 Å². The molecule has 0 aromatic rings. The average Bonchev–Trinajstić information content (AvgIpc) is 2.82. The van der Waals surface area contributed by atoms with Crippen LogP contribution in [0.3, 0.4) is 0 Å². The Hall–Kier alpha value is -0.275. The molecule has 84 valence electrons. The number of hydrogen-bond donors (Lipinski definition) is 0. The molecule has 2 fully saturated rings. The quantitative estimate of drug-likeness (QED) is 0.663. The van der Waals surface area contributed by atoms with E-state index in [4.69, 9.17) is 9.31 Å². The first-order chi connectivity index (χ1) is 6.91. The highest BCUT2D eigenvalue weighted by Crippen LogP contribution is 2.37. The first kappa shape index (κ1) is 11.2. The second kappa shape index (κ2) is 3.64. The Bertz CT molecular complexity index is 251. The van der Waals surface area contributed by atoms with Crippen LogP contribution in [0.5, 0.6) is 0 Å². The first-order valence-corrected chi connectivity index (χ1v) is 5.93. The standard InChI is InChI=1S/C12H21BO2/c1-11(2)12(3,4)15-13(14-11)9-5-6-10-7-8-10/h5,9-10H,6-8H2,1-4H3/b9-5+. The molecule has 0 unspecified atom stereocenters. The third kappa shape index (κ3) is 2.45. The van der Waals surface area contributed by atoms with E-state index in [1.54, 1.807) is 0 Å². The van der Waals surface area contributed by atoms with Crippen molar-refractivity contribution >= 4 is 7.12 Å². The Morgan fingerprint density at radius 1 is 1.13 bits per heavy atom. The van der Waals surface area contributed by atoms with Crippen LogP contribution < -0.4 is 0 Å². The largest absolute Gasteiger partial charge is 0.486 e. The summed E-state index contributed by atoms with van der Waals surface area (Å²) in [5, 5.41) is 0. The van der Waals surface area contributed by atoms with Crippen LogP contribution in [0.15, 0.2) is 12.1 Å². The molecule has 2 nitrogen and oxygen atoms in total. The molecule has 0 N–H and O–H groups in total. The summed E-state index contributed by atoms with van der Waals surface area (Å²) >= 11 is 0. The Balaban J connectivity index is 1.87. The summed E-state index contributed by atoms with van der Waals surface area (Å²) in [5.41, 5.74) is -0.414. The Kier molecular flexibility index (Phi) is 2.72. The van der Waals surface area contributed by atoms with Crippen molar-refractivity contribution in [2.45, 2.75) is 58.2 Å². The van der Waals surface area contributed by atoms with Gasteiger partial charge in [-0.15, -0.1) is 0 Å². The summed E-state index contributed by atoms with van der Waals surface area (Å²) in [4.78, 5) is 0. The fraction of sp³-hybridized carbons (Fsp3) is 0.833. The fourth-order valence-electron chi connectivity index (χ4n) is 1.70. The van der Waals surface area contributed by atoms with Gasteiger partial charge < -0.3 is 9.31 Å². The van der Waals surface area contributed by atoms with E-state index in [0.29, 0.717) is 0 Å². The molecule has 1 aliphatic heterocycles. The van der Waals surface area contributed by atoms with Crippen molar-refractivity contribution in [3.63, 3.8) is 0 Å². The number of rotatable bonds is 3. The number of hydrogen-bond acceptors (Lipinski definition) is 2. The van der Waals surface area contributed by atoms with Crippen LogP contribution in [0.25, 0.3) is 0 Å². The van der Waals surface area contributed by atoms with Crippen LogP contribution >= 0.6 is 0 Å². The highest BCUT2D eigenvalue weighted by Gasteiger charge is 2.49. The lowest BCUT2D eigenvalue weighted by Crippen LogP contribution is -2.41. The summed E-state index contributed by atoms with van der Waals surface area (Å²) in [7, 11) is -0.159. The molecule has 2 aliphatic rings. The Morgan fingerprint density at radius 3 is 2.13 bits per heavy atom. The summed E-state index contributed by atoms with van der Waals surface area (Å²) in [6, 6.07) is 0. The predicted molar refractivity (Wildman–Crippen MR) is 62.6 cm³/mol. The van der Waals surface area contributed by atoms with Crippen molar-refractivity contribution in [1.82, 2.24) is 0 Å². The molecular formula is C12H21BO2. The van der Waals surface area contributed by atoms with Gasteiger partial charge in [-0.2, -0.15) is 0 Å². The molecule has 15 heavy (non-hydrogen) atoms. The topological polar surface area (TPSA) is 18.5 Å². The normalized spacial score (nSPS) is 28.9. The summed E-state index contributed by atoms with van der Waals surface area (Å²) in [6.07, 6.45) is 6.19. The molecule has 2 rings (SSSR count). The molecule has 0 atom stereocenters. The highest BCUT2D eigenvalue weighted by atomic mass is 16.7. The third-order valence-corrected chi connectivity index (χ3v) is 3.73. The van der Waals surface area contributed by atoms with Gasteiger partial charge in [-0.3, -0.25) is 0 Å². The van der Waals surface area contributed by atoms with Gasteiger partial charge >= 0.3 is 7.12 Å². The zero-order valence-electron chi connectivity index (χ0n) is 10.2. The molecule has 1 heterocycles. The maximum Gasteiger partial charge on any atom is 0.486 e. The minimum atomic E-state index is -0.207. The molecule has 1 aliphatic carbocycles. The molecule has 0 amide bonds. The molecule has 0 aromatic heterocycles. The van der Waals surface area contributed by atoms with Crippen LogP contribution in [0.1, 0.15) is 47.0 Å². The number of allylic oxidation sites excluding steroid dienone is 1. The van der Waals surface area contributed by atoms with E-state index in [2.05, 4.69) is 39.7 Å². The molecule has 3 heteroatoms. The van der Waals surface area contributed by atoms with E-state index in [9.17, 15) is 0 Å². The fourth-order valence-corrected chi connectivity index (χ4v) is 1.70. The van der Waals surface area contributed by atoms with E-state index in [1.807, 2.05) is 0 Å². The van der Waals surface area contributed by atoms with Crippen LogP contribution in [-0.2, 0) is 9.31 Å². The molecular weight excluding hydrogens is 187 g/mol. The maximum absolute atomic E-state index is 5.86. The van der Waals surface area contributed by atoms with Crippen molar-refractivity contribution in [3.8, 4) is 0 Å². The van der Waals surface area contributed by atoms with Crippen molar-refractivity contribution < 1.29 is 9.31 Å². The van der Waals surface area contributed by atoms with Crippen LogP contribution in [0, 0.1) is 5.92 Å². The third-order valence-electron chi connectivity index (χ3n) is 3.73. The van der Waals surface area contributed by atoms with Gasteiger partial charge in [0.25, 0.3) is 0 Å². The molecule has 1 saturated carbocycles. The maximum atomic E-state index is 5.86. The average molecular weight is 208 g/mol. The van der Waals surface area contributed by atoms with Gasteiger partial charge in [0.1, 0.15) is 0 Å². The van der Waals surface area contributed by atoms with Gasteiger partial charge in [-0.1, -0.05) is 12.1 Å². The second-order valence-electron chi connectivity index (χ2n) is 5.73. The van der Waals surface area contributed by atoms with Crippen LogP contribution in [-0.4, -0.2) is 18.3 Å². The van der Waals surface area contributed by atoms with E-state index < -0.39 is 0 Å². The predicted octanol–water partition coefficient (Wildman–Crippen LogP) is 2.97. The second-order valence-corrected chi connectivity index (χ2v) is 5.73. The van der Waals surface area contributed by atoms with Gasteiger partial charge in [-0.25, -0.2) is 0 Å². The van der Waals surface area contributed by atoms with E-state index in [-0.39, 0.29) is 18.3 Å². The minimum absolute atomic E-state index is 0.159. The van der Waals surface area contributed by atoms with Gasteiger partial charge in [0.15, 0.2) is 0 Å². The highest BCUT2D eigenvalue weighted by molar-refractivity contribution is 6.51. The van der Waals surface area contributed by atoms with Gasteiger partial charge in [0, 0.05) is 0 Å². The lowest BCUT2D eigenvalue weighted by Gasteiger charge is -2.32. The lowest BCUT2D eigenvalue weighted by molar-refractivity contribution is 0.00578. The van der Waals surface area contributed by atoms with Gasteiger partial charge in [0.2, 0.25) is 0 Å². The Morgan fingerprint density at radius 2 is 1.67 bits per heavy atom.